The lowest BCUT2D eigenvalue weighted by Crippen LogP contribution is -2.46. The number of rotatable bonds is 3. The molecule has 1 unspecified atom stereocenters. The molecule has 0 bridgehead atoms. The van der Waals surface area contributed by atoms with Gasteiger partial charge in [-0.25, -0.2) is 0 Å². The third kappa shape index (κ3) is 2.57. The van der Waals surface area contributed by atoms with Crippen LogP contribution in [0.15, 0.2) is 24.3 Å². The maximum Gasteiger partial charge on any atom is 0.101 e. The van der Waals surface area contributed by atoms with E-state index >= 15 is 0 Å². The molecule has 1 N–H and O–H groups in total. The summed E-state index contributed by atoms with van der Waals surface area (Å²) in [6, 6.07) is 9.94. The Morgan fingerprint density at radius 2 is 2.29 bits per heavy atom. The Bertz CT molecular complexity index is 412. The van der Waals surface area contributed by atoms with E-state index in [9.17, 15) is 0 Å². The number of anilines is 1. The summed E-state index contributed by atoms with van der Waals surface area (Å²) < 4.78 is 5.42. The molecule has 1 atom stereocenters. The van der Waals surface area contributed by atoms with Crippen LogP contribution in [0.4, 0.5) is 5.69 Å². The minimum atomic E-state index is 0.138. The van der Waals surface area contributed by atoms with Crippen LogP contribution in [-0.2, 0) is 4.74 Å². The highest BCUT2D eigenvalue weighted by Gasteiger charge is 2.24. The van der Waals surface area contributed by atoms with Crippen LogP contribution >= 0.6 is 0 Å². The quantitative estimate of drug-likeness (QED) is 0.849. The van der Waals surface area contributed by atoms with E-state index in [0.717, 1.165) is 12.2 Å². The third-order valence-electron chi connectivity index (χ3n) is 3.02. The summed E-state index contributed by atoms with van der Waals surface area (Å²) in [5, 5.41) is 18.2. The number of benzene rings is 1. The maximum absolute atomic E-state index is 9.11. The van der Waals surface area contributed by atoms with Crippen LogP contribution in [0.2, 0.25) is 0 Å². The van der Waals surface area contributed by atoms with Crippen molar-refractivity contribution in [3.8, 4) is 6.07 Å². The molecule has 1 aliphatic heterocycles. The molecule has 90 valence electrons. The second-order valence-corrected chi connectivity index (χ2v) is 4.06. The first-order valence-electron chi connectivity index (χ1n) is 5.81. The molecule has 4 heteroatoms. The van der Waals surface area contributed by atoms with Crippen molar-refractivity contribution in [2.75, 3.05) is 31.3 Å². The van der Waals surface area contributed by atoms with E-state index in [4.69, 9.17) is 15.1 Å². The van der Waals surface area contributed by atoms with Gasteiger partial charge in [-0.3, -0.25) is 0 Å². The number of para-hydroxylation sites is 1. The molecule has 2 rings (SSSR count). The summed E-state index contributed by atoms with van der Waals surface area (Å²) in [4.78, 5) is 2.16. The average molecular weight is 232 g/mol. The van der Waals surface area contributed by atoms with E-state index in [1.165, 1.54) is 0 Å². The standard InChI is InChI=1S/C13H16N2O2/c14-9-11-3-1-2-4-13(11)15-6-8-17-10-12(15)5-7-16/h1-4,12,16H,5-8,10H2. The molecule has 1 heterocycles. The van der Waals surface area contributed by atoms with E-state index in [1.54, 1.807) is 0 Å². The number of ether oxygens (including phenoxy) is 1. The van der Waals surface area contributed by atoms with Gasteiger partial charge in [0.2, 0.25) is 0 Å². The highest BCUT2D eigenvalue weighted by molar-refractivity contribution is 5.60. The predicted octanol–water partition coefficient (Wildman–Crippen LogP) is 1.15. The molecule has 1 aromatic carbocycles. The summed E-state index contributed by atoms with van der Waals surface area (Å²) in [5.74, 6) is 0. The zero-order valence-electron chi connectivity index (χ0n) is 9.67. The van der Waals surface area contributed by atoms with Gasteiger partial charge in [0.25, 0.3) is 0 Å². The second kappa shape index (κ2) is 5.67. The molecule has 1 fully saturated rings. The molecule has 0 aromatic heterocycles. The van der Waals surface area contributed by atoms with Crippen LogP contribution in [0.5, 0.6) is 0 Å². The van der Waals surface area contributed by atoms with Gasteiger partial charge < -0.3 is 14.7 Å². The monoisotopic (exact) mass is 232 g/mol. The molecule has 0 aliphatic carbocycles. The van der Waals surface area contributed by atoms with Crippen LogP contribution < -0.4 is 4.90 Å². The molecule has 1 aliphatic rings. The van der Waals surface area contributed by atoms with Crippen molar-refractivity contribution in [3.05, 3.63) is 29.8 Å². The Balaban J connectivity index is 2.26. The second-order valence-electron chi connectivity index (χ2n) is 4.06. The van der Waals surface area contributed by atoms with Crippen molar-refractivity contribution in [1.29, 1.82) is 5.26 Å². The van der Waals surface area contributed by atoms with E-state index in [-0.39, 0.29) is 12.6 Å². The lowest BCUT2D eigenvalue weighted by Gasteiger charge is -2.37. The van der Waals surface area contributed by atoms with Crippen molar-refractivity contribution in [1.82, 2.24) is 0 Å². The normalized spacial score (nSPS) is 20.0. The highest BCUT2D eigenvalue weighted by Crippen LogP contribution is 2.24. The molecular weight excluding hydrogens is 216 g/mol. The molecule has 1 aromatic rings. The molecular formula is C13H16N2O2. The largest absolute Gasteiger partial charge is 0.396 e. The molecule has 17 heavy (non-hydrogen) atoms. The zero-order chi connectivity index (χ0) is 12.1. The topological polar surface area (TPSA) is 56.5 Å². The van der Waals surface area contributed by atoms with Gasteiger partial charge in [-0.1, -0.05) is 12.1 Å². The summed E-state index contributed by atoms with van der Waals surface area (Å²) in [6.07, 6.45) is 0.666. The van der Waals surface area contributed by atoms with Crippen molar-refractivity contribution in [2.24, 2.45) is 0 Å². The van der Waals surface area contributed by atoms with Crippen LogP contribution in [-0.4, -0.2) is 37.5 Å². The number of morpholine rings is 1. The smallest absolute Gasteiger partial charge is 0.101 e. The van der Waals surface area contributed by atoms with Crippen molar-refractivity contribution < 1.29 is 9.84 Å². The average Bonchev–Trinajstić information content (AvgIpc) is 2.40. The number of hydrogen-bond acceptors (Lipinski definition) is 4. The summed E-state index contributed by atoms with van der Waals surface area (Å²) in [7, 11) is 0. The maximum atomic E-state index is 9.11. The van der Waals surface area contributed by atoms with Crippen molar-refractivity contribution in [2.45, 2.75) is 12.5 Å². The lowest BCUT2D eigenvalue weighted by molar-refractivity contribution is 0.0850. The third-order valence-corrected chi connectivity index (χ3v) is 3.02. The molecule has 0 spiro atoms. The predicted molar refractivity (Wildman–Crippen MR) is 64.8 cm³/mol. The van der Waals surface area contributed by atoms with Crippen LogP contribution in [0.1, 0.15) is 12.0 Å². The van der Waals surface area contributed by atoms with E-state index in [2.05, 4.69) is 11.0 Å². The number of nitriles is 1. The Morgan fingerprint density at radius 1 is 1.47 bits per heavy atom. The van der Waals surface area contributed by atoms with E-state index in [0.29, 0.717) is 25.2 Å². The van der Waals surface area contributed by atoms with Gasteiger partial charge >= 0.3 is 0 Å². The highest BCUT2D eigenvalue weighted by atomic mass is 16.5. The molecule has 0 saturated carbocycles. The van der Waals surface area contributed by atoms with Crippen LogP contribution in [0.3, 0.4) is 0 Å². The Kier molecular flexibility index (Phi) is 3.97. The van der Waals surface area contributed by atoms with Crippen molar-refractivity contribution >= 4 is 5.69 Å². The van der Waals surface area contributed by atoms with Crippen LogP contribution in [0.25, 0.3) is 0 Å². The van der Waals surface area contributed by atoms with Gasteiger partial charge in [0.05, 0.1) is 30.5 Å². The summed E-state index contributed by atoms with van der Waals surface area (Å²) in [6.45, 7) is 2.19. The van der Waals surface area contributed by atoms with Gasteiger partial charge in [0.15, 0.2) is 0 Å². The SMILES string of the molecule is N#Cc1ccccc1N1CCOCC1CCO. The Labute approximate surface area is 101 Å². The number of aliphatic hydroxyl groups is 1. The number of nitrogens with zero attached hydrogens (tertiary/aromatic N) is 2. The first kappa shape index (κ1) is 11.9. The summed E-state index contributed by atoms with van der Waals surface area (Å²) in [5.41, 5.74) is 1.62. The van der Waals surface area contributed by atoms with Gasteiger partial charge in [-0.15, -0.1) is 0 Å². The number of hydrogen-bond donors (Lipinski definition) is 1. The minimum absolute atomic E-state index is 0.138. The zero-order valence-corrected chi connectivity index (χ0v) is 9.67. The first-order chi connectivity index (χ1) is 8.36. The van der Waals surface area contributed by atoms with Gasteiger partial charge in [-0.2, -0.15) is 5.26 Å². The lowest BCUT2D eigenvalue weighted by atomic mass is 10.1. The van der Waals surface area contributed by atoms with Crippen LogP contribution in [0, 0.1) is 11.3 Å². The molecule has 4 nitrogen and oxygen atoms in total. The van der Waals surface area contributed by atoms with E-state index < -0.39 is 0 Å². The fourth-order valence-corrected chi connectivity index (χ4v) is 2.18. The Morgan fingerprint density at radius 3 is 3.06 bits per heavy atom. The van der Waals surface area contributed by atoms with E-state index in [1.807, 2.05) is 24.3 Å². The fraction of sp³-hybridized carbons (Fsp3) is 0.462. The molecule has 1 saturated heterocycles. The minimum Gasteiger partial charge on any atom is -0.396 e. The van der Waals surface area contributed by atoms with Gasteiger partial charge in [-0.05, 0) is 18.6 Å². The fourth-order valence-electron chi connectivity index (χ4n) is 2.18. The first-order valence-corrected chi connectivity index (χ1v) is 5.81. The van der Waals surface area contributed by atoms with Crippen molar-refractivity contribution in [3.63, 3.8) is 0 Å². The molecule has 0 amide bonds. The van der Waals surface area contributed by atoms with Gasteiger partial charge in [0, 0.05) is 13.2 Å². The number of aliphatic hydroxyl groups excluding tert-OH is 1. The van der Waals surface area contributed by atoms with Gasteiger partial charge in [0.1, 0.15) is 6.07 Å². The Hall–Kier alpha value is -1.57. The molecule has 0 radical (unpaired) electrons. The summed E-state index contributed by atoms with van der Waals surface area (Å²) >= 11 is 0.